The van der Waals surface area contributed by atoms with Crippen LogP contribution in [-0.4, -0.2) is 29.1 Å². The van der Waals surface area contributed by atoms with Gasteiger partial charge < -0.3 is 10.2 Å². The molecular weight excluding hydrogens is 260 g/mol. The Morgan fingerprint density at radius 3 is 2.62 bits per heavy atom. The minimum atomic E-state index is 0.697. The fourth-order valence-corrected chi connectivity index (χ4v) is 2.62. The molecule has 0 unspecified atom stereocenters. The lowest BCUT2D eigenvalue weighted by Gasteiger charge is -2.27. The molecule has 0 radical (unpaired) electrons. The second-order valence-corrected chi connectivity index (χ2v) is 6.41. The Bertz CT molecular complexity index is 440. The van der Waals surface area contributed by atoms with Crippen LogP contribution >= 0.6 is 0 Å². The SMILES string of the molecule is CCCNc1ncnc(N(CCC(C)C)C2CC2)c1CC. The van der Waals surface area contributed by atoms with E-state index in [0.717, 1.165) is 43.5 Å². The highest BCUT2D eigenvalue weighted by Crippen LogP contribution is 2.34. The maximum atomic E-state index is 4.63. The molecule has 1 saturated carbocycles. The van der Waals surface area contributed by atoms with Gasteiger partial charge in [0.1, 0.15) is 18.0 Å². The molecule has 1 aliphatic carbocycles. The van der Waals surface area contributed by atoms with Crippen molar-refractivity contribution in [2.75, 3.05) is 23.3 Å². The van der Waals surface area contributed by atoms with Crippen molar-refractivity contribution in [3.8, 4) is 0 Å². The Hall–Kier alpha value is -1.32. The van der Waals surface area contributed by atoms with Crippen molar-refractivity contribution in [2.24, 2.45) is 5.92 Å². The first-order valence-electron chi connectivity index (χ1n) is 8.51. The van der Waals surface area contributed by atoms with E-state index in [-0.39, 0.29) is 0 Å². The van der Waals surface area contributed by atoms with Gasteiger partial charge in [-0.05, 0) is 38.0 Å². The average molecular weight is 290 g/mol. The Morgan fingerprint density at radius 2 is 2.05 bits per heavy atom. The highest BCUT2D eigenvalue weighted by atomic mass is 15.2. The summed E-state index contributed by atoms with van der Waals surface area (Å²) in [5.41, 5.74) is 1.28. The van der Waals surface area contributed by atoms with Crippen LogP contribution in [0, 0.1) is 5.92 Å². The van der Waals surface area contributed by atoms with Crippen LogP contribution in [0.5, 0.6) is 0 Å². The lowest BCUT2D eigenvalue weighted by Crippen LogP contribution is -2.30. The van der Waals surface area contributed by atoms with Crippen LogP contribution in [0.2, 0.25) is 0 Å². The van der Waals surface area contributed by atoms with Crippen LogP contribution in [-0.2, 0) is 6.42 Å². The van der Waals surface area contributed by atoms with Gasteiger partial charge in [-0.25, -0.2) is 9.97 Å². The molecule has 1 aliphatic rings. The van der Waals surface area contributed by atoms with E-state index in [4.69, 9.17) is 0 Å². The zero-order valence-electron chi connectivity index (χ0n) is 14.0. The highest BCUT2D eigenvalue weighted by Gasteiger charge is 2.31. The van der Waals surface area contributed by atoms with Gasteiger partial charge in [0.15, 0.2) is 0 Å². The fourth-order valence-electron chi connectivity index (χ4n) is 2.62. The fraction of sp³-hybridized carbons (Fsp3) is 0.765. The molecule has 0 bridgehead atoms. The van der Waals surface area contributed by atoms with E-state index in [9.17, 15) is 0 Å². The third kappa shape index (κ3) is 4.32. The quantitative estimate of drug-likeness (QED) is 0.749. The summed E-state index contributed by atoms with van der Waals surface area (Å²) in [6.45, 7) is 11.0. The standard InChI is InChI=1S/C17H30N4/c1-5-10-18-16-15(6-2)17(20-12-19-16)21(14-7-8-14)11-9-13(3)4/h12-14H,5-11H2,1-4H3,(H,18,19,20). The normalized spacial score (nSPS) is 14.5. The van der Waals surface area contributed by atoms with Gasteiger partial charge in [-0.3, -0.25) is 0 Å². The summed E-state index contributed by atoms with van der Waals surface area (Å²) in [6, 6.07) is 0.697. The molecule has 1 aromatic heterocycles. The number of nitrogens with one attached hydrogen (secondary N) is 1. The Kier molecular flexibility index (Phi) is 5.83. The Morgan fingerprint density at radius 1 is 1.29 bits per heavy atom. The van der Waals surface area contributed by atoms with Gasteiger partial charge in [0.2, 0.25) is 0 Å². The monoisotopic (exact) mass is 290 g/mol. The largest absolute Gasteiger partial charge is 0.370 e. The summed E-state index contributed by atoms with van der Waals surface area (Å²) in [5.74, 6) is 2.92. The average Bonchev–Trinajstić information content (AvgIpc) is 3.29. The molecule has 0 amide bonds. The van der Waals surface area contributed by atoms with E-state index in [1.165, 1.54) is 24.8 Å². The highest BCUT2D eigenvalue weighted by molar-refractivity contribution is 5.59. The van der Waals surface area contributed by atoms with E-state index in [2.05, 4.69) is 47.9 Å². The summed E-state index contributed by atoms with van der Waals surface area (Å²) in [7, 11) is 0. The summed E-state index contributed by atoms with van der Waals surface area (Å²) in [6.07, 6.45) is 7.65. The molecule has 1 aromatic rings. The molecule has 2 rings (SSSR count). The molecule has 21 heavy (non-hydrogen) atoms. The zero-order valence-corrected chi connectivity index (χ0v) is 14.0. The molecule has 0 atom stereocenters. The first-order valence-corrected chi connectivity index (χ1v) is 8.51. The van der Waals surface area contributed by atoms with Crippen molar-refractivity contribution < 1.29 is 0 Å². The zero-order chi connectivity index (χ0) is 15.2. The molecule has 1 fully saturated rings. The van der Waals surface area contributed by atoms with E-state index in [0.29, 0.717) is 6.04 Å². The molecule has 4 nitrogen and oxygen atoms in total. The summed E-state index contributed by atoms with van der Waals surface area (Å²) < 4.78 is 0. The van der Waals surface area contributed by atoms with Crippen molar-refractivity contribution in [3.63, 3.8) is 0 Å². The molecule has 4 heteroatoms. The van der Waals surface area contributed by atoms with Crippen LogP contribution in [0.1, 0.15) is 58.9 Å². The number of hydrogen-bond donors (Lipinski definition) is 1. The van der Waals surface area contributed by atoms with Crippen molar-refractivity contribution >= 4 is 11.6 Å². The van der Waals surface area contributed by atoms with Crippen LogP contribution in [0.25, 0.3) is 0 Å². The maximum absolute atomic E-state index is 4.63. The first kappa shape index (κ1) is 16.1. The van der Waals surface area contributed by atoms with Crippen LogP contribution in [0.3, 0.4) is 0 Å². The predicted molar refractivity (Wildman–Crippen MR) is 90.0 cm³/mol. The van der Waals surface area contributed by atoms with E-state index in [1.807, 2.05) is 0 Å². The second-order valence-electron chi connectivity index (χ2n) is 6.41. The smallest absolute Gasteiger partial charge is 0.137 e. The van der Waals surface area contributed by atoms with Gasteiger partial charge in [0.05, 0.1) is 0 Å². The van der Waals surface area contributed by atoms with Gasteiger partial charge in [0, 0.05) is 24.7 Å². The minimum absolute atomic E-state index is 0.697. The Labute approximate surface area is 129 Å². The molecular formula is C17H30N4. The summed E-state index contributed by atoms with van der Waals surface area (Å²) in [5, 5.41) is 3.46. The third-order valence-electron chi connectivity index (χ3n) is 4.03. The second kappa shape index (κ2) is 7.62. The lowest BCUT2D eigenvalue weighted by molar-refractivity contribution is 0.567. The number of hydrogen-bond acceptors (Lipinski definition) is 4. The van der Waals surface area contributed by atoms with Gasteiger partial charge >= 0.3 is 0 Å². The number of rotatable bonds is 9. The molecule has 0 aliphatic heterocycles. The first-order chi connectivity index (χ1) is 10.2. The van der Waals surface area contributed by atoms with Crippen LogP contribution < -0.4 is 10.2 Å². The Balaban J connectivity index is 2.22. The molecule has 118 valence electrons. The molecule has 0 saturated heterocycles. The summed E-state index contributed by atoms with van der Waals surface area (Å²) >= 11 is 0. The molecule has 0 aromatic carbocycles. The van der Waals surface area contributed by atoms with E-state index >= 15 is 0 Å². The summed E-state index contributed by atoms with van der Waals surface area (Å²) in [4.78, 5) is 11.6. The van der Waals surface area contributed by atoms with Gasteiger partial charge in [0.25, 0.3) is 0 Å². The molecule has 1 N–H and O–H groups in total. The number of aromatic nitrogens is 2. The van der Waals surface area contributed by atoms with Crippen molar-refractivity contribution in [2.45, 2.75) is 65.8 Å². The van der Waals surface area contributed by atoms with Gasteiger partial charge in [-0.2, -0.15) is 0 Å². The third-order valence-corrected chi connectivity index (χ3v) is 4.03. The molecule has 1 heterocycles. The minimum Gasteiger partial charge on any atom is -0.370 e. The van der Waals surface area contributed by atoms with E-state index in [1.54, 1.807) is 6.33 Å². The van der Waals surface area contributed by atoms with Crippen molar-refractivity contribution in [3.05, 3.63) is 11.9 Å². The number of nitrogens with zero attached hydrogens (tertiary/aromatic N) is 3. The van der Waals surface area contributed by atoms with Crippen LogP contribution in [0.15, 0.2) is 6.33 Å². The number of anilines is 2. The van der Waals surface area contributed by atoms with Crippen molar-refractivity contribution in [1.82, 2.24) is 9.97 Å². The predicted octanol–water partition coefficient (Wildman–Crippen LogP) is 3.88. The van der Waals surface area contributed by atoms with Gasteiger partial charge in [-0.15, -0.1) is 0 Å². The lowest BCUT2D eigenvalue weighted by atomic mass is 10.1. The molecule has 0 spiro atoms. The van der Waals surface area contributed by atoms with Crippen molar-refractivity contribution in [1.29, 1.82) is 0 Å². The topological polar surface area (TPSA) is 41.1 Å². The van der Waals surface area contributed by atoms with Gasteiger partial charge in [-0.1, -0.05) is 27.7 Å². The van der Waals surface area contributed by atoms with Crippen LogP contribution in [0.4, 0.5) is 11.6 Å². The maximum Gasteiger partial charge on any atom is 0.137 e. The van der Waals surface area contributed by atoms with E-state index < -0.39 is 0 Å².